The zero-order valence-corrected chi connectivity index (χ0v) is 10.9. The topological polar surface area (TPSA) is 36.9 Å². The normalized spacial score (nSPS) is 12.9. The summed E-state index contributed by atoms with van der Waals surface area (Å²) in [6.45, 7) is 4.19. The highest BCUT2D eigenvalue weighted by molar-refractivity contribution is 4.50. The molecule has 0 saturated heterocycles. The SMILES string of the molecule is CCCCCCCCCC(C)OOOOC. The Morgan fingerprint density at radius 2 is 1.50 bits per heavy atom. The lowest BCUT2D eigenvalue weighted by molar-refractivity contribution is -0.636. The molecule has 0 fully saturated rings. The second-order valence-electron chi connectivity index (χ2n) is 4.12. The Morgan fingerprint density at radius 1 is 0.875 bits per heavy atom. The molecule has 0 bridgehead atoms. The summed E-state index contributed by atoms with van der Waals surface area (Å²) in [6, 6.07) is 0. The second kappa shape index (κ2) is 12.9. The molecule has 0 aromatic carbocycles. The number of rotatable bonds is 12. The average Bonchev–Trinajstić information content (AvgIpc) is 2.28. The number of hydrogen-bond acceptors (Lipinski definition) is 4. The quantitative estimate of drug-likeness (QED) is 0.291. The third-order valence-corrected chi connectivity index (χ3v) is 2.51. The highest BCUT2D eigenvalue weighted by Crippen LogP contribution is 2.11. The van der Waals surface area contributed by atoms with E-state index in [1.165, 1.54) is 52.1 Å². The van der Waals surface area contributed by atoms with Crippen molar-refractivity contribution in [3.63, 3.8) is 0 Å². The van der Waals surface area contributed by atoms with Crippen molar-refractivity contribution in [3.8, 4) is 0 Å². The van der Waals surface area contributed by atoms with Gasteiger partial charge in [-0.15, -0.1) is 0 Å². The van der Waals surface area contributed by atoms with Crippen molar-refractivity contribution in [1.29, 1.82) is 0 Å². The molecule has 16 heavy (non-hydrogen) atoms. The molecule has 0 N–H and O–H groups in total. The summed E-state index contributed by atoms with van der Waals surface area (Å²) in [5, 5.41) is 8.49. The van der Waals surface area contributed by atoms with Gasteiger partial charge in [0.2, 0.25) is 0 Å². The first-order valence-corrected chi connectivity index (χ1v) is 6.34. The molecule has 4 heteroatoms. The largest absolute Gasteiger partial charge is 0.207 e. The van der Waals surface area contributed by atoms with Crippen molar-refractivity contribution >= 4 is 0 Å². The predicted molar refractivity (Wildman–Crippen MR) is 62.3 cm³/mol. The van der Waals surface area contributed by atoms with Crippen LogP contribution < -0.4 is 0 Å². The molecular weight excluding hydrogens is 208 g/mol. The Hall–Kier alpha value is -0.160. The van der Waals surface area contributed by atoms with Gasteiger partial charge < -0.3 is 0 Å². The summed E-state index contributed by atoms with van der Waals surface area (Å²) in [4.78, 5) is 9.11. The molecule has 0 heterocycles. The minimum atomic E-state index is 0.0470. The van der Waals surface area contributed by atoms with Crippen LogP contribution in [0.4, 0.5) is 0 Å². The summed E-state index contributed by atoms with van der Waals surface area (Å²) in [5.41, 5.74) is 0. The summed E-state index contributed by atoms with van der Waals surface area (Å²) < 4.78 is 0. The summed E-state index contributed by atoms with van der Waals surface area (Å²) in [7, 11) is 1.37. The Balaban J connectivity index is 3.06. The standard InChI is InChI=1S/C12H26O4/c1-4-5-6-7-8-9-10-11-12(2)14-16-15-13-3/h12H,4-11H2,1-3H3. The van der Waals surface area contributed by atoms with Crippen molar-refractivity contribution in [2.24, 2.45) is 0 Å². The molecule has 0 aliphatic rings. The Labute approximate surface area is 99.0 Å². The first-order valence-electron chi connectivity index (χ1n) is 6.34. The van der Waals surface area contributed by atoms with Gasteiger partial charge in [-0.2, -0.15) is 0 Å². The van der Waals surface area contributed by atoms with Gasteiger partial charge in [0.05, 0.1) is 13.2 Å². The highest BCUT2D eigenvalue weighted by atomic mass is 17.7. The third-order valence-electron chi connectivity index (χ3n) is 2.51. The molecule has 4 nitrogen and oxygen atoms in total. The van der Waals surface area contributed by atoms with Gasteiger partial charge in [0, 0.05) is 0 Å². The van der Waals surface area contributed by atoms with Gasteiger partial charge in [0.1, 0.15) is 0 Å². The summed E-state index contributed by atoms with van der Waals surface area (Å²) >= 11 is 0. The van der Waals surface area contributed by atoms with E-state index in [0.29, 0.717) is 0 Å². The monoisotopic (exact) mass is 234 g/mol. The van der Waals surface area contributed by atoms with Crippen LogP contribution in [0.3, 0.4) is 0 Å². The minimum absolute atomic E-state index is 0.0470. The van der Waals surface area contributed by atoms with Gasteiger partial charge in [-0.25, -0.2) is 9.78 Å². The van der Waals surface area contributed by atoms with Crippen molar-refractivity contribution in [1.82, 2.24) is 0 Å². The Kier molecular flexibility index (Phi) is 12.8. The van der Waals surface area contributed by atoms with Crippen molar-refractivity contribution in [2.75, 3.05) is 7.11 Å². The molecule has 0 spiro atoms. The molecule has 0 aliphatic heterocycles. The zero-order chi connectivity index (χ0) is 12.1. The highest BCUT2D eigenvalue weighted by Gasteiger charge is 2.03. The Morgan fingerprint density at radius 3 is 2.12 bits per heavy atom. The van der Waals surface area contributed by atoms with E-state index >= 15 is 0 Å². The van der Waals surface area contributed by atoms with Gasteiger partial charge in [0.25, 0.3) is 0 Å². The van der Waals surface area contributed by atoms with Crippen molar-refractivity contribution in [2.45, 2.75) is 71.3 Å². The number of unbranched alkanes of at least 4 members (excludes halogenated alkanes) is 6. The maximum Gasteiger partial charge on any atom is 0.0934 e. The maximum absolute atomic E-state index is 4.88. The van der Waals surface area contributed by atoms with Crippen LogP contribution in [-0.4, -0.2) is 13.2 Å². The smallest absolute Gasteiger partial charge is 0.0934 e. The minimum Gasteiger partial charge on any atom is -0.207 e. The lowest BCUT2D eigenvalue weighted by atomic mass is 10.1. The van der Waals surface area contributed by atoms with Crippen LogP contribution >= 0.6 is 0 Å². The van der Waals surface area contributed by atoms with Gasteiger partial charge in [-0.1, -0.05) is 51.9 Å². The van der Waals surface area contributed by atoms with Crippen LogP contribution in [-0.2, 0) is 19.9 Å². The summed E-state index contributed by atoms with van der Waals surface area (Å²) in [5.74, 6) is 0. The molecule has 0 rings (SSSR count). The predicted octanol–water partition coefficient (Wildman–Crippen LogP) is 3.96. The molecule has 0 radical (unpaired) electrons. The van der Waals surface area contributed by atoms with Crippen molar-refractivity contribution < 1.29 is 19.9 Å². The van der Waals surface area contributed by atoms with Crippen LogP contribution in [0.5, 0.6) is 0 Å². The average molecular weight is 234 g/mol. The van der Waals surface area contributed by atoms with Crippen LogP contribution in [0.1, 0.15) is 65.2 Å². The van der Waals surface area contributed by atoms with E-state index in [1.54, 1.807) is 0 Å². The Bertz CT molecular complexity index is 130. The molecule has 0 aliphatic carbocycles. The lowest BCUT2D eigenvalue weighted by Crippen LogP contribution is -2.09. The number of hydrogen-bond donors (Lipinski definition) is 0. The van der Waals surface area contributed by atoms with E-state index in [4.69, 9.17) is 4.89 Å². The van der Waals surface area contributed by atoms with Crippen LogP contribution in [0.25, 0.3) is 0 Å². The van der Waals surface area contributed by atoms with Crippen LogP contribution in [0.15, 0.2) is 0 Å². The molecule has 0 aromatic rings. The molecule has 0 aromatic heterocycles. The van der Waals surface area contributed by atoms with E-state index in [-0.39, 0.29) is 6.10 Å². The van der Waals surface area contributed by atoms with Gasteiger partial charge >= 0.3 is 0 Å². The van der Waals surface area contributed by atoms with E-state index in [1.807, 2.05) is 6.92 Å². The molecule has 0 amide bonds. The van der Waals surface area contributed by atoms with Crippen LogP contribution in [0, 0.1) is 0 Å². The van der Waals surface area contributed by atoms with E-state index in [0.717, 1.165) is 6.42 Å². The molecule has 1 unspecified atom stereocenters. The van der Waals surface area contributed by atoms with E-state index in [9.17, 15) is 0 Å². The first kappa shape index (κ1) is 15.8. The molecule has 0 saturated carbocycles. The fourth-order valence-electron chi connectivity index (χ4n) is 1.55. The van der Waals surface area contributed by atoms with Gasteiger partial charge in [-0.05, 0) is 23.4 Å². The van der Waals surface area contributed by atoms with Gasteiger partial charge in [-0.3, -0.25) is 0 Å². The van der Waals surface area contributed by atoms with Crippen molar-refractivity contribution in [3.05, 3.63) is 0 Å². The van der Waals surface area contributed by atoms with Crippen LogP contribution in [0.2, 0.25) is 0 Å². The maximum atomic E-state index is 4.88. The molecule has 1 atom stereocenters. The zero-order valence-electron chi connectivity index (χ0n) is 10.9. The van der Waals surface area contributed by atoms with E-state index < -0.39 is 0 Å². The first-order chi connectivity index (χ1) is 7.81. The fourth-order valence-corrected chi connectivity index (χ4v) is 1.55. The second-order valence-corrected chi connectivity index (χ2v) is 4.12. The fraction of sp³-hybridized carbons (Fsp3) is 1.00. The third kappa shape index (κ3) is 11.9. The van der Waals surface area contributed by atoms with Gasteiger partial charge in [0.15, 0.2) is 0 Å². The lowest BCUT2D eigenvalue weighted by Gasteiger charge is -2.09. The molecular formula is C12H26O4. The molecule has 98 valence electrons. The summed E-state index contributed by atoms with van der Waals surface area (Å²) in [6.07, 6.45) is 10.2. The van der Waals surface area contributed by atoms with E-state index in [2.05, 4.69) is 21.9 Å².